The number of nitrogens with zero attached hydrogens (tertiary/aromatic N) is 1. The van der Waals surface area contributed by atoms with Crippen molar-refractivity contribution in [1.29, 1.82) is 5.26 Å². The summed E-state index contributed by atoms with van der Waals surface area (Å²) in [4.78, 5) is 11.4. The third-order valence-corrected chi connectivity index (χ3v) is 3.00. The van der Waals surface area contributed by atoms with Crippen LogP contribution in [-0.4, -0.2) is 11.9 Å². The van der Waals surface area contributed by atoms with Crippen molar-refractivity contribution in [2.24, 2.45) is 23.5 Å². The number of carbonyl (C=O) groups is 1. The minimum absolute atomic E-state index is 0.108. The normalized spacial score (nSPS) is 40.3. The molecule has 0 aliphatic heterocycles. The first kappa shape index (κ1) is 8.27. The van der Waals surface area contributed by atoms with Gasteiger partial charge in [0.1, 0.15) is 0 Å². The molecular weight excluding hydrogens is 166 g/mol. The van der Waals surface area contributed by atoms with Gasteiger partial charge in [0.15, 0.2) is 6.19 Å². The van der Waals surface area contributed by atoms with Gasteiger partial charge in [-0.1, -0.05) is 12.2 Å². The molecule has 2 aliphatic rings. The summed E-state index contributed by atoms with van der Waals surface area (Å²) in [6.07, 6.45) is 6.72. The highest BCUT2D eigenvalue weighted by Gasteiger charge is 2.46. The molecule has 0 spiro atoms. The molecule has 3 N–H and O–H groups in total. The maximum absolute atomic E-state index is 11.4. The Morgan fingerprint density at radius 3 is 2.77 bits per heavy atom. The van der Waals surface area contributed by atoms with Crippen LogP contribution in [0.2, 0.25) is 0 Å². The Bertz CT molecular complexity index is 304. The standard InChI is InChI=1S/C9H11N3O/c10-4-12-9(13)7-5-1-2-6(3-5)8(7)11/h1-2,5-8H,3,11H2,(H,12,13)/t5-,6+,7?,8?/m0/s1. The lowest BCUT2D eigenvalue weighted by Gasteiger charge is -2.21. The van der Waals surface area contributed by atoms with Crippen molar-refractivity contribution < 1.29 is 4.79 Å². The topological polar surface area (TPSA) is 78.9 Å². The molecule has 0 heterocycles. The van der Waals surface area contributed by atoms with Gasteiger partial charge in [-0.3, -0.25) is 10.1 Å². The van der Waals surface area contributed by atoms with Gasteiger partial charge < -0.3 is 5.73 Å². The molecule has 1 amide bonds. The number of amides is 1. The summed E-state index contributed by atoms with van der Waals surface area (Å²) < 4.78 is 0. The van der Waals surface area contributed by atoms with E-state index in [9.17, 15) is 4.79 Å². The molecule has 2 unspecified atom stereocenters. The minimum atomic E-state index is -0.230. The molecule has 4 heteroatoms. The lowest BCUT2D eigenvalue weighted by Crippen LogP contribution is -2.42. The number of hydrogen-bond acceptors (Lipinski definition) is 3. The third kappa shape index (κ3) is 1.12. The van der Waals surface area contributed by atoms with Crippen LogP contribution < -0.4 is 11.1 Å². The van der Waals surface area contributed by atoms with Crippen LogP contribution in [0, 0.1) is 29.2 Å². The van der Waals surface area contributed by atoms with E-state index in [2.05, 4.69) is 11.4 Å². The molecule has 0 saturated heterocycles. The minimum Gasteiger partial charge on any atom is -0.326 e. The highest BCUT2D eigenvalue weighted by Crippen LogP contribution is 2.42. The fourth-order valence-electron chi connectivity index (χ4n) is 2.37. The van der Waals surface area contributed by atoms with Crippen LogP contribution in [0.1, 0.15) is 6.42 Å². The molecule has 0 aromatic carbocycles. The molecule has 2 bridgehead atoms. The van der Waals surface area contributed by atoms with Crippen LogP contribution in [-0.2, 0) is 4.79 Å². The number of allylic oxidation sites excluding steroid dienone is 1. The van der Waals surface area contributed by atoms with Crippen LogP contribution in [0.5, 0.6) is 0 Å². The van der Waals surface area contributed by atoms with E-state index in [1.54, 1.807) is 6.19 Å². The van der Waals surface area contributed by atoms with Gasteiger partial charge >= 0.3 is 0 Å². The van der Waals surface area contributed by atoms with E-state index in [1.807, 2.05) is 6.08 Å². The first-order chi connectivity index (χ1) is 6.24. The molecule has 4 nitrogen and oxygen atoms in total. The summed E-state index contributed by atoms with van der Waals surface area (Å²) in [7, 11) is 0. The zero-order valence-corrected chi connectivity index (χ0v) is 7.10. The first-order valence-corrected chi connectivity index (χ1v) is 4.37. The van der Waals surface area contributed by atoms with E-state index >= 15 is 0 Å². The SMILES string of the molecule is N#CNC(=O)C1C(N)[C@@H]2C=C[C@H]1C2. The van der Waals surface area contributed by atoms with Crippen molar-refractivity contribution in [3.63, 3.8) is 0 Å². The van der Waals surface area contributed by atoms with Crippen molar-refractivity contribution in [2.45, 2.75) is 12.5 Å². The van der Waals surface area contributed by atoms with E-state index in [1.165, 1.54) is 0 Å². The second kappa shape index (κ2) is 2.86. The summed E-state index contributed by atoms with van der Waals surface area (Å²) in [6, 6.07) is -0.108. The van der Waals surface area contributed by atoms with Crippen molar-refractivity contribution in [2.75, 3.05) is 0 Å². The number of nitrogens with two attached hydrogens (primary N) is 1. The molecule has 4 atom stereocenters. The second-order valence-electron chi connectivity index (χ2n) is 3.65. The van der Waals surface area contributed by atoms with Crippen molar-refractivity contribution in [3.05, 3.63) is 12.2 Å². The largest absolute Gasteiger partial charge is 0.326 e. The van der Waals surface area contributed by atoms with E-state index in [0.29, 0.717) is 5.92 Å². The van der Waals surface area contributed by atoms with Crippen LogP contribution in [0.3, 0.4) is 0 Å². The highest BCUT2D eigenvalue weighted by atomic mass is 16.1. The van der Waals surface area contributed by atoms with Crippen molar-refractivity contribution >= 4 is 5.91 Å². The summed E-state index contributed by atoms with van der Waals surface area (Å²) in [6.45, 7) is 0. The van der Waals surface area contributed by atoms with Crippen molar-refractivity contribution in [3.8, 4) is 6.19 Å². The molecule has 2 aliphatic carbocycles. The van der Waals surface area contributed by atoms with Gasteiger partial charge in [-0.15, -0.1) is 0 Å². The molecule has 1 fully saturated rings. The summed E-state index contributed by atoms with van der Waals surface area (Å²) in [5.74, 6) is 0.147. The van der Waals surface area contributed by atoms with E-state index in [0.717, 1.165) is 6.42 Å². The van der Waals surface area contributed by atoms with Gasteiger partial charge in [-0.05, 0) is 18.3 Å². The highest BCUT2D eigenvalue weighted by molar-refractivity contribution is 5.82. The predicted molar refractivity (Wildman–Crippen MR) is 46.0 cm³/mol. The Hall–Kier alpha value is -1.34. The lowest BCUT2D eigenvalue weighted by atomic mass is 9.89. The van der Waals surface area contributed by atoms with Gasteiger partial charge in [0, 0.05) is 6.04 Å². The summed E-state index contributed by atoms with van der Waals surface area (Å²) in [5, 5.41) is 10.5. The summed E-state index contributed by atoms with van der Waals surface area (Å²) in [5.41, 5.74) is 5.87. The zero-order valence-electron chi connectivity index (χ0n) is 7.10. The van der Waals surface area contributed by atoms with E-state index < -0.39 is 0 Å². The Labute approximate surface area is 76.4 Å². The maximum atomic E-state index is 11.4. The molecule has 13 heavy (non-hydrogen) atoms. The predicted octanol–water partition coefficient (Wildman–Crippen LogP) is -0.267. The Balaban J connectivity index is 2.13. The van der Waals surface area contributed by atoms with Gasteiger partial charge in [-0.2, -0.15) is 5.26 Å². The van der Waals surface area contributed by atoms with Crippen LogP contribution in [0.4, 0.5) is 0 Å². The van der Waals surface area contributed by atoms with Crippen molar-refractivity contribution in [1.82, 2.24) is 5.32 Å². The average Bonchev–Trinajstić information content (AvgIpc) is 2.63. The number of fused-ring (bicyclic) bond motifs is 2. The molecule has 2 rings (SSSR count). The number of nitriles is 1. The van der Waals surface area contributed by atoms with Gasteiger partial charge in [0.2, 0.25) is 5.91 Å². The quantitative estimate of drug-likeness (QED) is 0.329. The monoisotopic (exact) mass is 177 g/mol. The fourth-order valence-corrected chi connectivity index (χ4v) is 2.37. The van der Waals surface area contributed by atoms with Crippen LogP contribution in [0.15, 0.2) is 12.2 Å². The number of rotatable bonds is 1. The number of nitrogens with one attached hydrogen (secondary N) is 1. The number of hydrogen-bond donors (Lipinski definition) is 2. The smallest absolute Gasteiger partial charge is 0.238 e. The molecule has 68 valence electrons. The van der Waals surface area contributed by atoms with Gasteiger partial charge in [0.05, 0.1) is 5.92 Å². The molecule has 1 saturated carbocycles. The molecule has 0 aromatic rings. The molecule has 0 aromatic heterocycles. The fraction of sp³-hybridized carbons (Fsp3) is 0.556. The van der Waals surface area contributed by atoms with Gasteiger partial charge in [-0.25, -0.2) is 0 Å². The zero-order chi connectivity index (χ0) is 9.42. The Morgan fingerprint density at radius 2 is 2.23 bits per heavy atom. The van der Waals surface area contributed by atoms with Crippen LogP contribution >= 0.6 is 0 Å². The van der Waals surface area contributed by atoms with E-state index in [-0.39, 0.29) is 23.8 Å². The molecular formula is C9H11N3O. The Kier molecular flexibility index (Phi) is 1.82. The lowest BCUT2D eigenvalue weighted by molar-refractivity contribution is -0.124. The third-order valence-electron chi connectivity index (χ3n) is 3.00. The first-order valence-electron chi connectivity index (χ1n) is 4.37. The number of carbonyl (C=O) groups excluding carboxylic acids is 1. The van der Waals surface area contributed by atoms with E-state index in [4.69, 9.17) is 11.0 Å². The summed E-state index contributed by atoms with van der Waals surface area (Å²) >= 11 is 0. The maximum Gasteiger partial charge on any atom is 0.238 e. The average molecular weight is 177 g/mol. The molecule has 0 radical (unpaired) electrons. The Morgan fingerprint density at radius 1 is 1.54 bits per heavy atom. The second-order valence-corrected chi connectivity index (χ2v) is 3.65. The van der Waals surface area contributed by atoms with Gasteiger partial charge in [0.25, 0.3) is 0 Å². The van der Waals surface area contributed by atoms with Crippen LogP contribution in [0.25, 0.3) is 0 Å².